The lowest BCUT2D eigenvalue weighted by Gasteiger charge is -2.13. The Balaban J connectivity index is 1.75. The Kier molecular flexibility index (Phi) is 2.91. The maximum absolute atomic E-state index is 4.73. The molecule has 0 bridgehead atoms. The number of thioether (sulfide) groups is 1. The van der Waals surface area contributed by atoms with Crippen molar-refractivity contribution in [2.24, 2.45) is 0 Å². The first-order chi connectivity index (χ1) is 7.83. The van der Waals surface area contributed by atoms with Crippen LogP contribution in [0.3, 0.4) is 0 Å². The first-order valence-corrected chi connectivity index (χ1v) is 6.93. The van der Waals surface area contributed by atoms with Crippen LogP contribution in [0.4, 0.5) is 0 Å². The molecule has 1 N–H and O–H groups in total. The van der Waals surface area contributed by atoms with E-state index < -0.39 is 0 Å². The highest BCUT2D eigenvalue weighted by molar-refractivity contribution is 7.99. The number of imidazole rings is 1. The molecule has 16 heavy (non-hydrogen) atoms. The summed E-state index contributed by atoms with van der Waals surface area (Å²) in [5.74, 6) is 1.18. The van der Waals surface area contributed by atoms with Crippen LogP contribution in [-0.2, 0) is 6.54 Å². The predicted molar refractivity (Wildman–Crippen MR) is 65.8 cm³/mol. The largest absolute Gasteiger partial charge is 0.325 e. The third-order valence-corrected chi connectivity index (χ3v) is 4.33. The van der Waals surface area contributed by atoms with Gasteiger partial charge in [-0.25, -0.2) is 4.98 Å². The van der Waals surface area contributed by atoms with Crippen molar-refractivity contribution in [3.05, 3.63) is 11.9 Å². The lowest BCUT2D eigenvalue weighted by molar-refractivity contribution is 0.355. The van der Waals surface area contributed by atoms with E-state index in [1.54, 1.807) is 0 Å². The molecule has 1 aromatic heterocycles. The second-order valence-electron chi connectivity index (χ2n) is 4.59. The first kappa shape index (κ1) is 10.6. The van der Waals surface area contributed by atoms with Gasteiger partial charge in [-0.05, 0) is 20.0 Å². The summed E-state index contributed by atoms with van der Waals surface area (Å²) in [6.07, 6.45) is 3.40. The third-order valence-electron chi connectivity index (χ3n) is 3.36. The normalized spacial score (nSPS) is 26.7. The van der Waals surface area contributed by atoms with E-state index >= 15 is 0 Å². The van der Waals surface area contributed by atoms with E-state index in [2.05, 4.69) is 28.0 Å². The molecule has 0 amide bonds. The summed E-state index contributed by atoms with van der Waals surface area (Å²) in [5.41, 5.74) is 1.23. The third kappa shape index (κ3) is 1.99. The van der Waals surface area contributed by atoms with Gasteiger partial charge in [-0.3, -0.25) is 0 Å². The number of nitrogens with one attached hydrogen (secondary N) is 1. The molecule has 0 saturated carbocycles. The lowest BCUT2D eigenvalue weighted by Crippen LogP contribution is -2.25. The number of hydrogen-bond acceptors (Lipinski definition) is 4. The van der Waals surface area contributed by atoms with Gasteiger partial charge in [0.2, 0.25) is 0 Å². The van der Waals surface area contributed by atoms with Gasteiger partial charge >= 0.3 is 0 Å². The number of aryl methyl sites for hydroxylation is 1. The molecular weight excluding hydrogens is 220 g/mol. The van der Waals surface area contributed by atoms with Gasteiger partial charge in [0, 0.05) is 31.6 Å². The van der Waals surface area contributed by atoms with Crippen LogP contribution in [-0.4, -0.2) is 46.9 Å². The molecule has 3 rings (SSSR count). The number of fused-ring (bicyclic) bond motifs is 1. The van der Waals surface area contributed by atoms with Crippen molar-refractivity contribution in [3.8, 4) is 0 Å². The summed E-state index contributed by atoms with van der Waals surface area (Å²) in [6, 6.07) is 0.448. The molecule has 1 aromatic rings. The van der Waals surface area contributed by atoms with Gasteiger partial charge in [-0.2, -0.15) is 0 Å². The predicted octanol–water partition coefficient (Wildman–Crippen LogP) is 0.955. The Bertz CT molecular complexity index is 355. The van der Waals surface area contributed by atoms with Gasteiger partial charge in [0.15, 0.2) is 5.16 Å². The zero-order valence-electron chi connectivity index (χ0n) is 9.65. The summed E-state index contributed by atoms with van der Waals surface area (Å²) in [7, 11) is 2.19. The van der Waals surface area contributed by atoms with E-state index in [4.69, 9.17) is 4.98 Å². The van der Waals surface area contributed by atoms with Gasteiger partial charge < -0.3 is 14.8 Å². The van der Waals surface area contributed by atoms with E-state index in [0.29, 0.717) is 6.04 Å². The summed E-state index contributed by atoms with van der Waals surface area (Å²) < 4.78 is 2.29. The van der Waals surface area contributed by atoms with Crippen LogP contribution in [0.5, 0.6) is 0 Å². The Morgan fingerprint density at radius 1 is 1.44 bits per heavy atom. The number of hydrogen-bond donors (Lipinski definition) is 1. The van der Waals surface area contributed by atoms with E-state index in [9.17, 15) is 0 Å². The van der Waals surface area contributed by atoms with E-state index in [-0.39, 0.29) is 0 Å². The van der Waals surface area contributed by atoms with Crippen molar-refractivity contribution in [2.45, 2.75) is 24.2 Å². The molecule has 1 atom stereocenters. The standard InChI is InChI=1S/C11H18N4S/c1-14-4-2-9(12-3-5-14)10-8-15-6-7-16-11(15)13-10/h8-9,12H,2-7H2,1H3. The van der Waals surface area contributed by atoms with Gasteiger partial charge in [-0.1, -0.05) is 11.8 Å². The molecule has 0 aliphatic carbocycles. The Hall–Kier alpha value is -0.520. The van der Waals surface area contributed by atoms with Crippen LogP contribution in [0.25, 0.3) is 0 Å². The summed E-state index contributed by atoms with van der Waals surface area (Å²) in [4.78, 5) is 7.11. The minimum Gasteiger partial charge on any atom is -0.325 e. The molecule has 3 heterocycles. The minimum atomic E-state index is 0.448. The molecule has 1 unspecified atom stereocenters. The van der Waals surface area contributed by atoms with Crippen molar-refractivity contribution in [1.29, 1.82) is 0 Å². The maximum atomic E-state index is 4.73. The number of rotatable bonds is 1. The first-order valence-electron chi connectivity index (χ1n) is 5.95. The topological polar surface area (TPSA) is 33.1 Å². The second kappa shape index (κ2) is 4.39. The van der Waals surface area contributed by atoms with Crippen molar-refractivity contribution in [2.75, 3.05) is 32.4 Å². The Morgan fingerprint density at radius 2 is 2.38 bits per heavy atom. The van der Waals surface area contributed by atoms with Crippen LogP contribution in [0, 0.1) is 0 Å². The average Bonchev–Trinajstić information content (AvgIpc) is 2.77. The monoisotopic (exact) mass is 238 g/mol. The van der Waals surface area contributed by atoms with Crippen molar-refractivity contribution >= 4 is 11.8 Å². The molecule has 0 spiro atoms. The molecule has 2 aliphatic heterocycles. The van der Waals surface area contributed by atoms with E-state index in [0.717, 1.165) is 32.6 Å². The molecule has 2 aliphatic rings. The van der Waals surface area contributed by atoms with Crippen molar-refractivity contribution < 1.29 is 0 Å². The Morgan fingerprint density at radius 3 is 3.25 bits per heavy atom. The van der Waals surface area contributed by atoms with Crippen LogP contribution < -0.4 is 5.32 Å². The molecule has 1 fully saturated rings. The van der Waals surface area contributed by atoms with Crippen LogP contribution in [0.2, 0.25) is 0 Å². The zero-order chi connectivity index (χ0) is 11.0. The van der Waals surface area contributed by atoms with Gasteiger partial charge in [0.05, 0.1) is 11.7 Å². The molecule has 88 valence electrons. The van der Waals surface area contributed by atoms with E-state index in [1.165, 1.54) is 16.6 Å². The number of aromatic nitrogens is 2. The van der Waals surface area contributed by atoms with Crippen LogP contribution in [0.1, 0.15) is 18.2 Å². The van der Waals surface area contributed by atoms with Gasteiger partial charge in [0.1, 0.15) is 0 Å². The Labute approximate surface area is 100 Å². The SMILES string of the molecule is CN1CCNC(c2cn3c(n2)SCC3)CC1. The summed E-state index contributed by atoms with van der Waals surface area (Å²) in [5, 5.41) is 4.79. The maximum Gasteiger partial charge on any atom is 0.168 e. The van der Waals surface area contributed by atoms with Crippen LogP contribution >= 0.6 is 11.8 Å². The number of nitrogens with zero attached hydrogens (tertiary/aromatic N) is 3. The highest BCUT2D eigenvalue weighted by Gasteiger charge is 2.21. The average molecular weight is 238 g/mol. The second-order valence-corrected chi connectivity index (χ2v) is 5.65. The van der Waals surface area contributed by atoms with E-state index in [1.807, 2.05) is 11.8 Å². The minimum absolute atomic E-state index is 0.448. The molecule has 0 aromatic carbocycles. The number of likely N-dealkylation sites (N-methyl/N-ethyl adjacent to an activating group) is 1. The lowest BCUT2D eigenvalue weighted by atomic mass is 10.1. The highest BCUT2D eigenvalue weighted by atomic mass is 32.2. The van der Waals surface area contributed by atoms with Crippen LogP contribution in [0.15, 0.2) is 11.4 Å². The van der Waals surface area contributed by atoms with Gasteiger partial charge in [-0.15, -0.1) is 0 Å². The fourth-order valence-corrected chi connectivity index (χ4v) is 3.29. The quantitative estimate of drug-likeness (QED) is 0.790. The summed E-state index contributed by atoms with van der Waals surface area (Å²) >= 11 is 1.87. The molecular formula is C11H18N4S. The fourth-order valence-electron chi connectivity index (χ4n) is 2.34. The summed E-state index contributed by atoms with van der Waals surface area (Å²) in [6.45, 7) is 4.49. The molecule has 5 heteroatoms. The molecule has 0 radical (unpaired) electrons. The molecule has 1 saturated heterocycles. The van der Waals surface area contributed by atoms with Crippen molar-refractivity contribution in [3.63, 3.8) is 0 Å². The zero-order valence-corrected chi connectivity index (χ0v) is 10.5. The smallest absolute Gasteiger partial charge is 0.168 e. The fraction of sp³-hybridized carbons (Fsp3) is 0.727. The highest BCUT2D eigenvalue weighted by Crippen LogP contribution is 2.28. The van der Waals surface area contributed by atoms with Crippen molar-refractivity contribution in [1.82, 2.24) is 19.8 Å². The molecule has 4 nitrogen and oxygen atoms in total. The van der Waals surface area contributed by atoms with Gasteiger partial charge in [0.25, 0.3) is 0 Å².